The Labute approximate surface area is 220 Å². The fourth-order valence-electron chi connectivity index (χ4n) is 5.16. The van der Waals surface area contributed by atoms with Gasteiger partial charge in [-0.1, -0.05) is 29.8 Å². The lowest BCUT2D eigenvalue weighted by Gasteiger charge is -2.44. The van der Waals surface area contributed by atoms with Gasteiger partial charge in [0.25, 0.3) is 11.8 Å². The molecule has 1 atom stereocenters. The van der Waals surface area contributed by atoms with E-state index in [-0.39, 0.29) is 36.4 Å². The van der Waals surface area contributed by atoms with Crippen molar-refractivity contribution in [3.05, 3.63) is 101 Å². The molecule has 2 saturated heterocycles. The van der Waals surface area contributed by atoms with Crippen LogP contribution in [-0.2, 0) is 16.1 Å². The zero-order chi connectivity index (χ0) is 26.7. The predicted octanol–water partition coefficient (Wildman–Crippen LogP) is 3.32. The summed E-state index contributed by atoms with van der Waals surface area (Å²) in [6, 6.07) is 15.7. The molecule has 2 fully saturated rings. The molecule has 0 unspecified atom stereocenters. The first-order valence-corrected chi connectivity index (χ1v) is 12.6. The lowest BCUT2D eigenvalue weighted by molar-refractivity contribution is -0.128. The molecule has 9 heteroatoms. The summed E-state index contributed by atoms with van der Waals surface area (Å²) in [4.78, 5) is 47.5. The average Bonchev–Trinajstić information content (AvgIpc) is 3.30. The average molecular weight is 517 g/mol. The molecule has 3 amide bonds. The number of halogens is 1. The number of nitrogens with one attached hydrogen (secondary N) is 1. The standard InChI is InChI=1S/C29H29FN4O4/c1-20-5-2-7-22(15-20)28(37)34-25(26(35)32-18-21-6-4-12-31-17-21)19-38-29(34)10-13-33(14-11-29)27(36)23-8-3-9-24(30)16-23/h2-9,12,15-17,25H,10-11,13-14,18-19H2,1H3,(H,32,35)/t25-/m0/s1. The molecule has 0 aliphatic carbocycles. The molecule has 5 rings (SSSR count). The maximum absolute atomic E-state index is 13.9. The van der Waals surface area contributed by atoms with E-state index in [4.69, 9.17) is 4.74 Å². The summed E-state index contributed by atoms with van der Waals surface area (Å²) in [6.07, 6.45) is 4.00. The summed E-state index contributed by atoms with van der Waals surface area (Å²) in [7, 11) is 0. The van der Waals surface area contributed by atoms with E-state index in [1.807, 2.05) is 25.1 Å². The van der Waals surface area contributed by atoms with Crippen LogP contribution in [0.4, 0.5) is 4.39 Å². The number of aryl methyl sites for hydroxylation is 1. The highest BCUT2D eigenvalue weighted by Gasteiger charge is 2.54. The summed E-state index contributed by atoms with van der Waals surface area (Å²) >= 11 is 0. The number of aromatic nitrogens is 1. The van der Waals surface area contributed by atoms with Crippen LogP contribution in [0.25, 0.3) is 0 Å². The van der Waals surface area contributed by atoms with Crippen LogP contribution in [0.5, 0.6) is 0 Å². The lowest BCUT2D eigenvalue weighted by Crippen LogP contribution is -2.59. The van der Waals surface area contributed by atoms with Crippen molar-refractivity contribution in [2.24, 2.45) is 0 Å². The van der Waals surface area contributed by atoms with Crippen molar-refractivity contribution >= 4 is 17.7 Å². The Balaban J connectivity index is 1.37. The Kier molecular flexibility index (Phi) is 7.20. The number of piperidine rings is 1. The van der Waals surface area contributed by atoms with Crippen molar-refractivity contribution in [2.75, 3.05) is 19.7 Å². The van der Waals surface area contributed by atoms with Crippen molar-refractivity contribution in [1.29, 1.82) is 0 Å². The first-order valence-electron chi connectivity index (χ1n) is 12.6. The minimum absolute atomic E-state index is 0.0499. The van der Waals surface area contributed by atoms with Crippen LogP contribution in [0.1, 0.15) is 44.7 Å². The number of pyridine rings is 1. The lowest BCUT2D eigenvalue weighted by atomic mass is 9.95. The smallest absolute Gasteiger partial charge is 0.256 e. The van der Waals surface area contributed by atoms with Crippen molar-refractivity contribution in [3.8, 4) is 0 Å². The van der Waals surface area contributed by atoms with Gasteiger partial charge in [0.15, 0.2) is 0 Å². The number of carbonyl (C=O) groups excluding carboxylic acids is 3. The number of rotatable bonds is 5. The zero-order valence-electron chi connectivity index (χ0n) is 21.1. The second-order valence-electron chi connectivity index (χ2n) is 9.70. The van der Waals surface area contributed by atoms with Gasteiger partial charge < -0.3 is 15.0 Å². The predicted molar refractivity (Wildman–Crippen MR) is 137 cm³/mol. The molecule has 8 nitrogen and oxygen atoms in total. The summed E-state index contributed by atoms with van der Waals surface area (Å²) in [5, 5.41) is 2.91. The first-order chi connectivity index (χ1) is 18.4. The van der Waals surface area contributed by atoms with Crippen LogP contribution in [-0.4, -0.2) is 64.0 Å². The van der Waals surface area contributed by atoms with E-state index in [2.05, 4.69) is 10.3 Å². The molecule has 3 aromatic rings. The van der Waals surface area contributed by atoms with Gasteiger partial charge in [0.1, 0.15) is 17.6 Å². The van der Waals surface area contributed by atoms with E-state index in [9.17, 15) is 18.8 Å². The van der Waals surface area contributed by atoms with Crippen LogP contribution >= 0.6 is 0 Å². The Morgan fingerprint density at radius 2 is 1.76 bits per heavy atom. The van der Waals surface area contributed by atoms with Crippen molar-refractivity contribution in [1.82, 2.24) is 20.1 Å². The first kappa shape index (κ1) is 25.5. The van der Waals surface area contributed by atoms with Gasteiger partial charge in [-0.3, -0.25) is 24.3 Å². The quantitative estimate of drug-likeness (QED) is 0.562. The third-order valence-corrected chi connectivity index (χ3v) is 7.14. The second-order valence-corrected chi connectivity index (χ2v) is 9.70. The van der Waals surface area contributed by atoms with Gasteiger partial charge in [0.2, 0.25) is 5.91 Å². The molecule has 38 heavy (non-hydrogen) atoms. The monoisotopic (exact) mass is 516 g/mol. The van der Waals surface area contributed by atoms with E-state index in [0.29, 0.717) is 31.5 Å². The molecule has 196 valence electrons. The summed E-state index contributed by atoms with van der Waals surface area (Å²) in [5.74, 6) is -1.36. The highest BCUT2D eigenvalue weighted by Crippen LogP contribution is 2.39. The SMILES string of the molecule is Cc1cccc(C(=O)N2[C@H](C(=O)NCc3cccnc3)COC23CCN(C(=O)c2cccc(F)c2)CC3)c1. The molecule has 3 heterocycles. The van der Waals surface area contributed by atoms with Crippen molar-refractivity contribution in [2.45, 2.75) is 38.1 Å². The highest BCUT2D eigenvalue weighted by atomic mass is 19.1. The molecular weight excluding hydrogens is 487 g/mol. The molecule has 2 aliphatic rings. The van der Waals surface area contributed by atoms with Gasteiger partial charge in [-0.05, 0) is 48.9 Å². The number of hydrogen-bond acceptors (Lipinski definition) is 5. The largest absolute Gasteiger partial charge is 0.353 e. The van der Waals surface area contributed by atoms with E-state index in [0.717, 1.165) is 11.1 Å². The van der Waals surface area contributed by atoms with Crippen LogP contribution in [0.15, 0.2) is 73.1 Å². The number of benzene rings is 2. The molecule has 2 aliphatic heterocycles. The highest BCUT2D eigenvalue weighted by molar-refractivity contribution is 5.99. The summed E-state index contributed by atoms with van der Waals surface area (Å²) in [6.45, 7) is 2.84. The van der Waals surface area contributed by atoms with Gasteiger partial charge >= 0.3 is 0 Å². The Morgan fingerprint density at radius 3 is 2.45 bits per heavy atom. The molecule has 1 spiro atoms. The third kappa shape index (κ3) is 5.15. The summed E-state index contributed by atoms with van der Waals surface area (Å²) < 4.78 is 19.9. The van der Waals surface area contributed by atoms with Gasteiger partial charge in [0, 0.05) is 56.0 Å². The maximum Gasteiger partial charge on any atom is 0.256 e. The fourth-order valence-corrected chi connectivity index (χ4v) is 5.16. The van der Waals surface area contributed by atoms with E-state index < -0.39 is 17.6 Å². The maximum atomic E-state index is 13.9. The molecule has 0 radical (unpaired) electrons. The van der Waals surface area contributed by atoms with Gasteiger partial charge in [-0.2, -0.15) is 0 Å². The molecule has 1 N–H and O–H groups in total. The van der Waals surface area contributed by atoms with Gasteiger partial charge in [0.05, 0.1) is 6.61 Å². The Bertz CT molecular complexity index is 1340. The molecule has 0 saturated carbocycles. The number of carbonyl (C=O) groups is 3. The second kappa shape index (κ2) is 10.7. The number of hydrogen-bond donors (Lipinski definition) is 1. The minimum atomic E-state index is -1.03. The van der Waals surface area contributed by atoms with Crippen LogP contribution in [0.3, 0.4) is 0 Å². The Hall–Kier alpha value is -4.11. The Morgan fingerprint density at radius 1 is 1.03 bits per heavy atom. The topological polar surface area (TPSA) is 91.8 Å². The number of amides is 3. The molecule has 1 aromatic heterocycles. The van der Waals surface area contributed by atoms with E-state index in [1.165, 1.54) is 18.2 Å². The van der Waals surface area contributed by atoms with Gasteiger partial charge in [-0.15, -0.1) is 0 Å². The van der Waals surface area contributed by atoms with Gasteiger partial charge in [-0.25, -0.2) is 4.39 Å². The van der Waals surface area contributed by atoms with E-state index in [1.54, 1.807) is 46.5 Å². The zero-order valence-corrected chi connectivity index (χ0v) is 21.1. The van der Waals surface area contributed by atoms with Crippen LogP contribution in [0.2, 0.25) is 0 Å². The summed E-state index contributed by atoms with van der Waals surface area (Å²) in [5.41, 5.74) is 1.48. The number of nitrogens with zero attached hydrogens (tertiary/aromatic N) is 3. The molecule has 0 bridgehead atoms. The fraction of sp³-hybridized carbons (Fsp3) is 0.310. The minimum Gasteiger partial charge on any atom is -0.353 e. The molecular formula is C29H29FN4O4. The molecule has 2 aromatic carbocycles. The number of likely N-dealkylation sites (tertiary alicyclic amines) is 1. The van der Waals surface area contributed by atoms with Crippen molar-refractivity contribution < 1.29 is 23.5 Å². The van der Waals surface area contributed by atoms with Crippen LogP contribution in [0, 0.1) is 12.7 Å². The van der Waals surface area contributed by atoms with Crippen LogP contribution < -0.4 is 5.32 Å². The number of ether oxygens (including phenoxy) is 1. The van der Waals surface area contributed by atoms with Crippen molar-refractivity contribution in [3.63, 3.8) is 0 Å². The van der Waals surface area contributed by atoms with E-state index >= 15 is 0 Å². The normalized spacial score (nSPS) is 18.4. The third-order valence-electron chi connectivity index (χ3n) is 7.14.